The van der Waals surface area contributed by atoms with Gasteiger partial charge in [0.2, 0.25) is 5.91 Å². The van der Waals surface area contributed by atoms with Crippen molar-refractivity contribution in [1.29, 1.82) is 0 Å². The van der Waals surface area contributed by atoms with Crippen LogP contribution in [0.1, 0.15) is 41.6 Å². The lowest BCUT2D eigenvalue weighted by Crippen LogP contribution is -2.62. The number of piperazine rings is 1. The summed E-state index contributed by atoms with van der Waals surface area (Å²) >= 11 is 0. The van der Waals surface area contributed by atoms with Gasteiger partial charge in [0.1, 0.15) is 23.2 Å². The fourth-order valence-electron chi connectivity index (χ4n) is 4.94. The third kappa shape index (κ3) is 2.48. The molecule has 1 atom stereocenters. The first-order valence-electron chi connectivity index (χ1n) is 9.50. The molecule has 3 aliphatic rings. The normalized spacial score (nSPS) is 25.8. The summed E-state index contributed by atoms with van der Waals surface area (Å²) in [4.78, 5) is 32.2. The zero-order chi connectivity index (χ0) is 18.5. The fraction of sp³-hybridized carbons (Fsp3) is 0.684. The Morgan fingerprint density at radius 3 is 2.62 bits per heavy atom. The zero-order valence-electron chi connectivity index (χ0n) is 15.8. The number of nitrogens with zero attached hydrogens (tertiary/aromatic N) is 3. The first kappa shape index (κ1) is 17.5. The molecule has 1 spiro atoms. The summed E-state index contributed by atoms with van der Waals surface area (Å²) in [5.41, 5.74) is 0.376. The lowest BCUT2D eigenvalue weighted by molar-refractivity contribution is -0.135. The van der Waals surface area contributed by atoms with Crippen molar-refractivity contribution in [3.63, 3.8) is 0 Å². The minimum atomic E-state index is -0.251. The van der Waals surface area contributed by atoms with Gasteiger partial charge in [-0.15, -0.1) is 0 Å². The first-order valence-corrected chi connectivity index (χ1v) is 9.50. The van der Waals surface area contributed by atoms with E-state index in [1.165, 1.54) is 0 Å². The predicted molar refractivity (Wildman–Crippen MR) is 94.8 cm³/mol. The van der Waals surface area contributed by atoms with Crippen molar-refractivity contribution in [2.75, 3.05) is 39.4 Å². The molecule has 4 heterocycles. The number of hydrogen-bond acceptors (Lipinski definition) is 5. The smallest absolute Gasteiger partial charge is 0.257 e. The van der Waals surface area contributed by atoms with Crippen molar-refractivity contribution < 1.29 is 18.7 Å². The molecular weight excluding hydrogens is 334 g/mol. The Hall–Kier alpha value is -1.86. The van der Waals surface area contributed by atoms with Crippen LogP contribution in [0.4, 0.5) is 0 Å². The van der Waals surface area contributed by atoms with Crippen LogP contribution in [-0.4, -0.2) is 77.6 Å². The quantitative estimate of drug-likeness (QED) is 0.796. The second kappa shape index (κ2) is 6.39. The molecule has 4 rings (SSSR count). The zero-order valence-corrected chi connectivity index (χ0v) is 15.8. The van der Waals surface area contributed by atoms with Crippen LogP contribution in [0.25, 0.3) is 0 Å². The van der Waals surface area contributed by atoms with Crippen LogP contribution in [0.2, 0.25) is 0 Å². The number of carbonyl (C=O) groups excluding carboxylic acids is 2. The maximum atomic E-state index is 13.1. The molecule has 7 heteroatoms. The third-order valence-corrected chi connectivity index (χ3v) is 6.14. The maximum absolute atomic E-state index is 13.1. The van der Waals surface area contributed by atoms with Crippen LogP contribution in [0.5, 0.6) is 0 Å². The Bertz CT molecular complexity index is 722. The molecule has 0 aliphatic carbocycles. The number of aryl methyl sites for hydroxylation is 2. The summed E-state index contributed by atoms with van der Waals surface area (Å²) in [7, 11) is 0. The van der Waals surface area contributed by atoms with E-state index < -0.39 is 0 Å². The number of fused-ring (bicyclic) bond motifs is 2. The molecule has 142 valence electrons. The molecule has 0 unspecified atom stereocenters. The average molecular weight is 361 g/mol. The van der Waals surface area contributed by atoms with Crippen LogP contribution in [0.3, 0.4) is 0 Å². The summed E-state index contributed by atoms with van der Waals surface area (Å²) < 4.78 is 11.1. The molecule has 0 N–H and O–H groups in total. The molecule has 0 aromatic carbocycles. The molecular formula is C19H27N3O4. The Labute approximate surface area is 153 Å². The standard InChI is InChI=1S/C19H27N3O4/c1-4-21-18(24)16-12-20(17(23)15-11-13(2)26-14(15)3)7-8-22(16)19(21)5-9-25-10-6-19/h11,16H,4-10,12H2,1-3H3/t16-/m1/s1. The van der Waals surface area contributed by atoms with E-state index in [-0.39, 0.29) is 23.5 Å². The lowest BCUT2D eigenvalue weighted by atomic mass is 9.96. The summed E-state index contributed by atoms with van der Waals surface area (Å²) in [5, 5.41) is 0. The Kier molecular flexibility index (Phi) is 4.31. The number of furan rings is 1. The van der Waals surface area contributed by atoms with Gasteiger partial charge in [0, 0.05) is 39.0 Å². The Balaban J connectivity index is 1.58. The number of amides is 2. The van der Waals surface area contributed by atoms with Crippen LogP contribution >= 0.6 is 0 Å². The topological polar surface area (TPSA) is 66.2 Å². The van der Waals surface area contributed by atoms with Gasteiger partial charge in [-0.3, -0.25) is 14.5 Å². The number of likely N-dealkylation sites (N-methyl/N-ethyl adjacent to an activating group) is 1. The molecule has 0 bridgehead atoms. The molecule has 3 saturated heterocycles. The van der Waals surface area contributed by atoms with Gasteiger partial charge in [0.05, 0.1) is 18.8 Å². The number of ether oxygens (including phenoxy) is 1. The van der Waals surface area contributed by atoms with Gasteiger partial charge >= 0.3 is 0 Å². The van der Waals surface area contributed by atoms with Gasteiger partial charge in [-0.2, -0.15) is 0 Å². The SMILES string of the molecule is CCN1C(=O)[C@H]2CN(C(=O)c3cc(C)oc3C)CCN2C12CCOCC2. The highest BCUT2D eigenvalue weighted by Gasteiger charge is 2.58. The summed E-state index contributed by atoms with van der Waals surface area (Å²) in [6, 6.07) is 1.54. The van der Waals surface area contributed by atoms with Gasteiger partial charge in [0.15, 0.2) is 0 Å². The molecule has 3 aliphatic heterocycles. The highest BCUT2D eigenvalue weighted by atomic mass is 16.5. The second-order valence-electron chi connectivity index (χ2n) is 7.46. The Morgan fingerprint density at radius 2 is 2.00 bits per heavy atom. The van der Waals surface area contributed by atoms with Gasteiger partial charge in [-0.25, -0.2) is 0 Å². The average Bonchev–Trinajstić information content (AvgIpc) is 3.09. The predicted octanol–water partition coefficient (Wildman–Crippen LogP) is 1.39. The van der Waals surface area contributed by atoms with E-state index >= 15 is 0 Å². The summed E-state index contributed by atoms with van der Waals surface area (Å²) in [6.45, 7) is 9.55. The van der Waals surface area contributed by atoms with Gasteiger partial charge < -0.3 is 19.0 Å². The summed E-state index contributed by atoms with van der Waals surface area (Å²) in [5.74, 6) is 1.48. The largest absolute Gasteiger partial charge is 0.466 e. The Morgan fingerprint density at radius 1 is 1.27 bits per heavy atom. The molecule has 0 radical (unpaired) electrons. The van der Waals surface area contributed by atoms with E-state index in [1.807, 2.05) is 30.6 Å². The van der Waals surface area contributed by atoms with Crippen molar-refractivity contribution in [3.05, 3.63) is 23.2 Å². The first-order chi connectivity index (χ1) is 12.5. The van der Waals surface area contributed by atoms with E-state index in [1.54, 1.807) is 6.07 Å². The highest BCUT2D eigenvalue weighted by molar-refractivity contribution is 5.96. The maximum Gasteiger partial charge on any atom is 0.257 e. The number of rotatable bonds is 2. The molecule has 0 saturated carbocycles. The van der Waals surface area contributed by atoms with Crippen LogP contribution in [0.15, 0.2) is 10.5 Å². The number of hydrogen-bond donors (Lipinski definition) is 0. The molecule has 7 nitrogen and oxygen atoms in total. The molecule has 1 aromatic rings. The molecule has 1 aromatic heterocycles. The van der Waals surface area contributed by atoms with Crippen LogP contribution in [0, 0.1) is 13.8 Å². The van der Waals surface area contributed by atoms with Crippen molar-refractivity contribution in [2.24, 2.45) is 0 Å². The number of carbonyl (C=O) groups is 2. The van der Waals surface area contributed by atoms with E-state index in [4.69, 9.17) is 9.15 Å². The fourth-order valence-corrected chi connectivity index (χ4v) is 4.94. The van der Waals surface area contributed by atoms with Crippen molar-refractivity contribution in [3.8, 4) is 0 Å². The van der Waals surface area contributed by atoms with Crippen molar-refractivity contribution in [1.82, 2.24) is 14.7 Å². The molecule has 26 heavy (non-hydrogen) atoms. The summed E-state index contributed by atoms with van der Waals surface area (Å²) in [6.07, 6.45) is 1.69. The van der Waals surface area contributed by atoms with Crippen molar-refractivity contribution >= 4 is 11.8 Å². The second-order valence-corrected chi connectivity index (χ2v) is 7.46. The molecule has 3 fully saturated rings. The third-order valence-electron chi connectivity index (χ3n) is 6.14. The van der Waals surface area contributed by atoms with Gasteiger partial charge in [-0.05, 0) is 26.8 Å². The highest BCUT2D eigenvalue weighted by Crippen LogP contribution is 2.41. The lowest BCUT2D eigenvalue weighted by Gasteiger charge is -2.48. The van der Waals surface area contributed by atoms with E-state index in [2.05, 4.69) is 4.90 Å². The monoisotopic (exact) mass is 361 g/mol. The minimum absolute atomic E-state index is 0.0391. The van der Waals surface area contributed by atoms with E-state index in [0.29, 0.717) is 50.7 Å². The van der Waals surface area contributed by atoms with Crippen LogP contribution < -0.4 is 0 Å². The van der Waals surface area contributed by atoms with Crippen LogP contribution in [-0.2, 0) is 9.53 Å². The van der Waals surface area contributed by atoms with Gasteiger partial charge in [0.25, 0.3) is 5.91 Å². The molecule has 2 amide bonds. The van der Waals surface area contributed by atoms with Gasteiger partial charge in [-0.1, -0.05) is 0 Å². The minimum Gasteiger partial charge on any atom is -0.466 e. The van der Waals surface area contributed by atoms with E-state index in [0.717, 1.165) is 18.6 Å². The van der Waals surface area contributed by atoms with E-state index in [9.17, 15) is 9.59 Å². The van der Waals surface area contributed by atoms with Crippen molar-refractivity contribution in [2.45, 2.75) is 45.3 Å².